The summed E-state index contributed by atoms with van der Waals surface area (Å²) in [5, 5.41) is 8.51. The lowest BCUT2D eigenvalue weighted by atomic mass is 10.4. The summed E-state index contributed by atoms with van der Waals surface area (Å²) in [6.45, 7) is 1.84. The molecule has 2 aromatic heterocycles. The fourth-order valence-electron chi connectivity index (χ4n) is 1.03. The second-order valence-electron chi connectivity index (χ2n) is 2.85. The highest BCUT2D eigenvalue weighted by molar-refractivity contribution is 6.32. The molecule has 2 heterocycles. The second-order valence-corrected chi connectivity index (χ2v) is 3.26. The number of nitrogens with two attached hydrogens (primary N) is 1. The molecule has 14 heavy (non-hydrogen) atoms. The molecule has 0 spiro atoms. The van der Waals surface area contributed by atoms with Gasteiger partial charge in [0.2, 0.25) is 0 Å². The van der Waals surface area contributed by atoms with Gasteiger partial charge in [-0.05, 0) is 13.0 Å². The van der Waals surface area contributed by atoms with Gasteiger partial charge in [0.05, 0.1) is 28.8 Å². The van der Waals surface area contributed by atoms with Crippen LogP contribution in [0.3, 0.4) is 0 Å². The highest BCUT2D eigenvalue weighted by Gasteiger charge is 2.06. The van der Waals surface area contributed by atoms with Gasteiger partial charge >= 0.3 is 0 Å². The van der Waals surface area contributed by atoms with Crippen LogP contribution in [-0.4, -0.2) is 20.0 Å². The SMILES string of the molecule is Cc1cnn(-c2ncc(N)cc2Cl)n1. The third-order valence-electron chi connectivity index (χ3n) is 1.64. The summed E-state index contributed by atoms with van der Waals surface area (Å²) >= 11 is 5.93. The van der Waals surface area contributed by atoms with Crippen molar-refractivity contribution in [3.8, 4) is 5.82 Å². The van der Waals surface area contributed by atoms with Gasteiger partial charge in [0, 0.05) is 0 Å². The van der Waals surface area contributed by atoms with Crippen LogP contribution in [0.2, 0.25) is 5.02 Å². The second kappa shape index (κ2) is 3.26. The predicted molar refractivity (Wildman–Crippen MR) is 53.3 cm³/mol. The van der Waals surface area contributed by atoms with E-state index in [1.54, 1.807) is 12.3 Å². The molecule has 0 aliphatic carbocycles. The maximum absolute atomic E-state index is 5.93. The third-order valence-corrected chi connectivity index (χ3v) is 1.92. The summed E-state index contributed by atoms with van der Waals surface area (Å²) in [5.41, 5.74) is 6.84. The van der Waals surface area contributed by atoms with Crippen molar-refractivity contribution in [1.82, 2.24) is 20.0 Å². The number of hydrogen-bond acceptors (Lipinski definition) is 4. The minimum Gasteiger partial charge on any atom is -0.397 e. The monoisotopic (exact) mass is 209 g/mol. The van der Waals surface area contributed by atoms with Crippen molar-refractivity contribution in [2.45, 2.75) is 6.92 Å². The Balaban J connectivity index is 2.52. The van der Waals surface area contributed by atoms with Crippen LogP contribution in [0.5, 0.6) is 0 Å². The molecule has 0 amide bonds. The van der Waals surface area contributed by atoms with E-state index in [9.17, 15) is 0 Å². The number of aryl methyl sites for hydroxylation is 1. The number of hydrogen-bond donors (Lipinski definition) is 1. The Bertz CT molecular complexity index is 465. The number of anilines is 1. The van der Waals surface area contributed by atoms with Gasteiger partial charge in [-0.3, -0.25) is 0 Å². The zero-order valence-electron chi connectivity index (χ0n) is 7.48. The van der Waals surface area contributed by atoms with Gasteiger partial charge in [-0.2, -0.15) is 10.2 Å². The van der Waals surface area contributed by atoms with Crippen LogP contribution >= 0.6 is 11.6 Å². The van der Waals surface area contributed by atoms with Gasteiger partial charge in [-0.1, -0.05) is 11.6 Å². The Morgan fingerprint density at radius 2 is 2.21 bits per heavy atom. The van der Waals surface area contributed by atoms with Crippen molar-refractivity contribution in [3.63, 3.8) is 0 Å². The molecule has 0 fully saturated rings. The van der Waals surface area contributed by atoms with E-state index in [-0.39, 0.29) is 0 Å². The van der Waals surface area contributed by atoms with E-state index >= 15 is 0 Å². The van der Waals surface area contributed by atoms with Crippen molar-refractivity contribution in [3.05, 3.63) is 29.2 Å². The number of aromatic nitrogens is 4. The largest absolute Gasteiger partial charge is 0.397 e. The van der Waals surface area contributed by atoms with E-state index in [0.717, 1.165) is 5.69 Å². The smallest absolute Gasteiger partial charge is 0.193 e. The van der Waals surface area contributed by atoms with Gasteiger partial charge in [0.25, 0.3) is 0 Å². The lowest BCUT2D eigenvalue weighted by molar-refractivity contribution is 0.724. The first-order chi connectivity index (χ1) is 6.66. The predicted octanol–water partition coefficient (Wildman–Crippen LogP) is 1.21. The Kier molecular flexibility index (Phi) is 2.09. The molecule has 2 rings (SSSR count). The first-order valence-corrected chi connectivity index (χ1v) is 4.35. The molecule has 5 nitrogen and oxygen atoms in total. The van der Waals surface area contributed by atoms with E-state index in [2.05, 4.69) is 15.2 Å². The minimum absolute atomic E-state index is 0.431. The summed E-state index contributed by atoms with van der Waals surface area (Å²) in [5.74, 6) is 0.481. The molecule has 0 atom stereocenters. The first kappa shape index (κ1) is 8.96. The number of nitrogens with zero attached hydrogens (tertiary/aromatic N) is 4. The zero-order valence-corrected chi connectivity index (χ0v) is 8.23. The first-order valence-electron chi connectivity index (χ1n) is 3.97. The Labute approximate surface area is 85.5 Å². The standard InChI is InChI=1S/C8H8ClN5/c1-5-3-12-14(13-5)8-7(9)2-6(10)4-11-8/h2-4H,10H2,1H3. The molecular formula is C8H8ClN5. The van der Waals surface area contributed by atoms with Crippen molar-refractivity contribution >= 4 is 17.3 Å². The average molecular weight is 210 g/mol. The number of pyridine rings is 1. The lowest BCUT2D eigenvalue weighted by Gasteiger charge is -2.01. The molecule has 0 aromatic carbocycles. The normalized spacial score (nSPS) is 10.4. The Morgan fingerprint density at radius 1 is 1.43 bits per heavy atom. The van der Waals surface area contributed by atoms with Crippen molar-refractivity contribution in [2.75, 3.05) is 5.73 Å². The van der Waals surface area contributed by atoms with Crippen molar-refractivity contribution < 1.29 is 0 Å². The molecule has 0 aliphatic heterocycles. The summed E-state index contributed by atoms with van der Waals surface area (Å²) < 4.78 is 0. The molecule has 0 aliphatic rings. The van der Waals surface area contributed by atoms with E-state index in [0.29, 0.717) is 16.5 Å². The maximum atomic E-state index is 5.93. The molecule has 2 aromatic rings. The zero-order chi connectivity index (χ0) is 10.1. The Morgan fingerprint density at radius 3 is 2.79 bits per heavy atom. The van der Waals surface area contributed by atoms with Gasteiger partial charge in [-0.25, -0.2) is 4.98 Å². The summed E-state index contributed by atoms with van der Waals surface area (Å²) in [6.07, 6.45) is 3.15. The topological polar surface area (TPSA) is 69.6 Å². The molecule has 2 N–H and O–H groups in total. The number of rotatable bonds is 1. The van der Waals surface area contributed by atoms with Gasteiger partial charge in [0.15, 0.2) is 5.82 Å². The van der Waals surface area contributed by atoms with Gasteiger partial charge in [0.1, 0.15) is 0 Å². The van der Waals surface area contributed by atoms with Crippen LogP contribution in [-0.2, 0) is 0 Å². The van der Waals surface area contributed by atoms with Crippen LogP contribution in [0.15, 0.2) is 18.5 Å². The molecule has 0 saturated heterocycles. The van der Waals surface area contributed by atoms with E-state index in [1.165, 1.54) is 11.0 Å². The number of halogens is 1. The van der Waals surface area contributed by atoms with E-state index in [1.807, 2.05) is 6.92 Å². The van der Waals surface area contributed by atoms with Gasteiger partial charge in [-0.15, -0.1) is 4.80 Å². The molecule has 0 radical (unpaired) electrons. The minimum atomic E-state index is 0.431. The molecule has 72 valence electrons. The van der Waals surface area contributed by atoms with Crippen LogP contribution in [0.25, 0.3) is 5.82 Å². The van der Waals surface area contributed by atoms with Crippen molar-refractivity contribution in [2.24, 2.45) is 0 Å². The fraction of sp³-hybridized carbons (Fsp3) is 0.125. The maximum Gasteiger partial charge on any atom is 0.193 e. The van der Waals surface area contributed by atoms with Crippen LogP contribution in [0, 0.1) is 6.92 Å². The highest BCUT2D eigenvalue weighted by Crippen LogP contribution is 2.18. The average Bonchev–Trinajstić information content (AvgIpc) is 2.51. The van der Waals surface area contributed by atoms with Crippen molar-refractivity contribution in [1.29, 1.82) is 0 Å². The molecule has 0 unspecified atom stereocenters. The van der Waals surface area contributed by atoms with Crippen LogP contribution in [0.4, 0.5) is 5.69 Å². The molecule has 6 heteroatoms. The van der Waals surface area contributed by atoms with E-state index in [4.69, 9.17) is 17.3 Å². The summed E-state index contributed by atoms with van der Waals surface area (Å²) in [7, 11) is 0. The van der Waals surface area contributed by atoms with Gasteiger partial charge < -0.3 is 5.73 Å². The third kappa shape index (κ3) is 1.54. The molecular weight excluding hydrogens is 202 g/mol. The fourth-order valence-corrected chi connectivity index (χ4v) is 1.28. The lowest BCUT2D eigenvalue weighted by Crippen LogP contribution is -2.03. The van der Waals surface area contributed by atoms with Crippen LogP contribution < -0.4 is 5.73 Å². The van der Waals surface area contributed by atoms with Crippen LogP contribution in [0.1, 0.15) is 5.69 Å². The number of nitrogen functional groups attached to an aromatic ring is 1. The quantitative estimate of drug-likeness (QED) is 0.767. The molecule has 0 bridgehead atoms. The summed E-state index contributed by atoms with van der Waals surface area (Å²) in [4.78, 5) is 5.41. The molecule has 0 saturated carbocycles. The Hall–Kier alpha value is -1.62. The highest BCUT2D eigenvalue weighted by atomic mass is 35.5. The summed E-state index contributed by atoms with van der Waals surface area (Å²) in [6, 6.07) is 1.61. The van der Waals surface area contributed by atoms with E-state index < -0.39 is 0 Å².